The van der Waals surface area contributed by atoms with Gasteiger partial charge in [0.1, 0.15) is 0 Å². The van der Waals surface area contributed by atoms with Crippen LogP contribution in [-0.4, -0.2) is 18.3 Å². The van der Waals surface area contributed by atoms with E-state index < -0.39 is 0 Å². The molecule has 0 spiro atoms. The van der Waals surface area contributed by atoms with Gasteiger partial charge < -0.3 is 5.32 Å². The molecule has 1 aliphatic rings. The van der Waals surface area contributed by atoms with E-state index in [-0.39, 0.29) is 0 Å². The summed E-state index contributed by atoms with van der Waals surface area (Å²) in [6.45, 7) is 0. The molecule has 0 bridgehead atoms. The lowest BCUT2D eigenvalue weighted by Crippen LogP contribution is -2.21. The third-order valence-electron chi connectivity index (χ3n) is 2.57. The van der Waals surface area contributed by atoms with Crippen molar-refractivity contribution in [3.63, 3.8) is 0 Å². The van der Waals surface area contributed by atoms with Crippen molar-refractivity contribution in [2.45, 2.75) is 34.8 Å². The van der Waals surface area contributed by atoms with E-state index in [1.54, 1.807) is 0 Å². The van der Waals surface area contributed by atoms with Crippen LogP contribution in [0.1, 0.15) is 19.3 Å². The molecule has 1 fully saturated rings. The first-order valence-electron chi connectivity index (χ1n) is 4.76. The molecule has 2 atom stereocenters. The zero-order valence-corrected chi connectivity index (χ0v) is 9.46. The zero-order valence-electron chi connectivity index (χ0n) is 7.82. The topological polar surface area (TPSA) is 12.0 Å². The minimum atomic E-state index is 0.762. The highest BCUT2D eigenvalue weighted by molar-refractivity contribution is 8.01. The highest BCUT2D eigenvalue weighted by Crippen LogP contribution is 2.36. The summed E-state index contributed by atoms with van der Waals surface area (Å²) >= 11 is 3.92. The lowest BCUT2D eigenvalue weighted by Gasteiger charge is -2.08. The predicted molar refractivity (Wildman–Crippen MR) is 60.7 cm³/mol. The van der Waals surface area contributed by atoms with Gasteiger partial charge in [-0.15, -0.1) is 23.1 Å². The molecule has 0 aliphatic heterocycles. The van der Waals surface area contributed by atoms with Crippen LogP contribution in [0.5, 0.6) is 0 Å². The van der Waals surface area contributed by atoms with E-state index in [9.17, 15) is 0 Å². The highest BCUT2D eigenvalue weighted by Gasteiger charge is 2.24. The SMILES string of the molecule is CNC1CCC(Sc2cccs2)C1. The second-order valence-electron chi connectivity index (χ2n) is 3.47. The summed E-state index contributed by atoms with van der Waals surface area (Å²) in [7, 11) is 2.07. The van der Waals surface area contributed by atoms with Gasteiger partial charge in [-0.2, -0.15) is 0 Å². The molecule has 1 N–H and O–H groups in total. The lowest BCUT2D eigenvalue weighted by atomic mass is 10.3. The molecule has 13 heavy (non-hydrogen) atoms. The predicted octanol–water partition coefficient (Wildman–Crippen LogP) is 2.98. The monoisotopic (exact) mass is 213 g/mol. The highest BCUT2D eigenvalue weighted by atomic mass is 32.2. The summed E-state index contributed by atoms with van der Waals surface area (Å²) in [5.41, 5.74) is 0. The Hall–Kier alpha value is 0.01000. The van der Waals surface area contributed by atoms with Gasteiger partial charge in [0, 0.05) is 11.3 Å². The number of rotatable bonds is 3. The Balaban J connectivity index is 1.84. The fourth-order valence-electron chi connectivity index (χ4n) is 1.80. The average Bonchev–Trinajstić information content (AvgIpc) is 2.76. The molecular weight excluding hydrogens is 198 g/mol. The van der Waals surface area contributed by atoms with Gasteiger partial charge in [0.25, 0.3) is 0 Å². The maximum Gasteiger partial charge on any atom is 0.0601 e. The minimum absolute atomic E-state index is 0.762. The Morgan fingerprint density at radius 1 is 1.54 bits per heavy atom. The molecule has 1 aromatic rings. The Morgan fingerprint density at radius 2 is 2.46 bits per heavy atom. The van der Waals surface area contributed by atoms with Crippen molar-refractivity contribution in [1.82, 2.24) is 5.32 Å². The fraction of sp³-hybridized carbons (Fsp3) is 0.600. The number of nitrogens with one attached hydrogen (secondary N) is 1. The van der Waals surface area contributed by atoms with Crippen LogP contribution in [-0.2, 0) is 0 Å². The Kier molecular flexibility index (Phi) is 3.30. The van der Waals surface area contributed by atoms with Crippen LogP contribution in [0, 0.1) is 0 Å². The van der Waals surface area contributed by atoms with Gasteiger partial charge in [0.15, 0.2) is 0 Å². The molecule has 2 unspecified atom stereocenters. The van der Waals surface area contributed by atoms with Gasteiger partial charge in [0.05, 0.1) is 4.21 Å². The fourth-order valence-corrected chi connectivity index (χ4v) is 4.12. The van der Waals surface area contributed by atoms with Gasteiger partial charge in [-0.1, -0.05) is 6.07 Å². The van der Waals surface area contributed by atoms with Crippen molar-refractivity contribution >= 4 is 23.1 Å². The zero-order chi connectivity index (χ0) is 9.10. The summed E-state index contributed by atoms with van der Waals surface area (Å²) in [5.74, 6) is 0. The van der Waals surface area contributed by atoms with Crippen molar-refractivity contribution in [2.24, 2.45) is 0 Å². The minimum Gasteiger partial charge on any atom is -0.317 e. The van der Waals surface area contributed by atoms with Gasteiger partial charge >= 0.3 is 0 Å². The Bertz CT molecular complexity index is 245. The van der Waals surface area contributed by atoms with E-state index >= 15 is 0 Å². The van der Waals surface area contributed by atoms with Crippen molar-refractivity contribution < 1.29 is 0 Å². The summed E-state index contributed by atoms with van der Waals surface area (Å²) in [6.07, 6.45) is 4.05. The quantitative estimate of drug-likeness (QED) is 0.828. The molecule has 1 saturated carbocycles. The van der Waals surface area contributed by atoms with Crippen LogP contribution in [0.4, 0.5) is 0 Å². The van der Waals surface area contributed by atoms with E-state index in [0.29, 0.717) is 0 Å². The van der Waals surface area contributed by atoms with E-state index in [1.807, 2.05) is 11.3 Å². The summed E-state index contributed by atoms with van der Waals surface area (Å²) in [4.78, 5) is 0. The van der Waals surface area contributed by atoms with Gasteiger partial charge in [0.2, 0.25) is 0 Å². The first-order chi connectivity index (χ1) is 6.38. The van der Waals surface area contributed by atoms with Crippen molar-refractivity contribution in [1.29, 1.82) is 0 Å². The van der Waals surface area contributed by atoms with E-state index in [4.69, 9.17) is 0 Å². The van der Waals surface area contributed by atoms with Gasteiger partial charge in [-0.05, 0) is 37.8 Å². The Labute approximate surface area is 87.9 Å². The van der Waals surface area contributed by atoms with Crippen LogP contribution in [0.15, 0.2) is 21.7 Å². The van der Waals surface area contributed by atoms with E-state index in [2.05, 4.69) is 41.6 Å². The van der Waals surface area contributed by atoms with Crippen LogP contribution in [0.2, 0.25) is 0 Å². The maximum atomic E-state index is 3.36. The molecule has 0 radical (unpaired) electrons. The molecule has 1 nitrogen and oxygen atoms in total. The normalized spacial score (nSPS) is 28.1. The summed E-state index contributed by atoms with van der Waals surface area (Å²) < 4.78 is 1.47. The van der Waals surface area contributed by atoms with Crippen molar-refractivity contribution in [3.8, 4) is 0 Å². The first-order valence-corrected chi connectivity index (χ1v) is 6.52. The van der Waals surface area contributed by atoms with Crippen molar-refractivity contribution in [3.05, 3.63) is 17.5 Å². The van der Waals surface area contributed by atoms with Crippen LogP contribution < -0.4 is 5.32 Å². The van der Waals surface area contributed by atoms with Crippen molar-refractivity contribution in [2.75, 3.05) is 7.05 Å². The average molecular weight is 213 g/mol. The third kappa shape index (κ3) is 2.48. The molecule has 72 valence electrons. The number of hydrogen-bond donors (Lipinski definition) is 1. The van der Waals surface area contributed by atoms with E-state index in [1.165, 1.54) is 23.5 Å². The lowest BCUT2D eigenvalue weighted by molar-refractivity contribution is 0.583. The molecular formula is C10H15NS2. The van der Waals surface area contributed by atoms with Crippen LogP contribution in [0.25, 0.3) is 0 Å². The second-order valence-corrected chi connectivity index (χ2v) is 6.02. The first kappa shape index (κ1) is 9.56. The van der Waals surface area contributed by atoms with Crippen LogP contribution in [0.3, 0.4) is 0 Å². The molecule has 3 heteroatoms. The maximum absolute atomic E-state index is 3.36. The number of thioether (sulfide) groups is 1. The molecule has 0 saturated heterocycles. The van der Waals surface area contributed by atoms with Gasteiger partial charge in [-0.25, -0.2) is 0 Å². The standard InChI is InChI=1S/C10H15NS2/c1-11-8-4-5-9(7-8)13-10-3-2-6-12-10/h2-3,6,8-9,11H,4-5,7H2,1H3. The number of hydrogen-bond acceptors (Lipinski definition) is 3. The largest absolute Gasteiger partial charge is 0.317 e. The molecule has 0 aromatic carbocycles. The van der Waals surface area contributed by atoms with E-state index in [0.717, 1.165) is 11.3 Å². The second kappa shape index (κ2) is 4.49. The molecule has 0 amide bonds. The van der Waals surface area contributed by atoms with Gasteiger partial charge in [-0.3, -0.25) is 0 Å². The summed E-state index contributed by atoms with van der Waals surface area (Å²) in [6, 6.07) is 5.12. The third-order valence-corrected chi connectivity index (χ3v) is 4.94. The van der Waals surface area contributed by atoms with Crippen LogP contribution >= 0.6 is 23.1 Å². The molecule has 1 aromatic heterocycles. The molecule has 2 rings (SSSR count). The molecule has 1 aliphatic carbocycles. The number of thiophene rings is 1. The smallest absolute Gasteiger partial charge is 0.0601 e. The Morgan fingerprint density at radius 3 is 3.08 bits per heavy atom. The molecule has 1 heterocycles. The summed E-state index contributed by atoms with van der Waals surface area (Å²) in [5, 5.41) is 6.37.